The van der Waals surface area contributed by atoms with Gasteiger partial charge in [0.1, 0.15) is 6.33 Å². The summed E-state index contributed by atoms with van der Waals surface area (Å²) < 4.78 is 7.01. The van der Waals surface area contributed by atoms with Crippen molar-refractivity contribution in [1.82, 2.24) is 29.5 Å². The Morgan fingerprint density at radius 2 is 1.75 bits per heavy atom. The lowest BCUT2D eigenvalue weighted by Crippen LogP contribution is -2.53. The number of amides is 2. The molecule has 0 aliphatic carbocycles. The van der Waals surface area contributed by atoms with Crippen molar-refractivity contribution in [2.75, 3.05) is 44.2 Å². The molecule has 1 atom stereocenters. The SMILES string of the molecule is O=C(c1ccco1)N1CCN(C(=O)C2CCCN(c3ccc(-n4ccnc4)nn3)C2)CC1. The van der Waals surface area contributed by atoms with E-state index in [0.29, 0.717) is 44.3 Å². The van der Waals surface area contributed by atoms with Crippen molar-refractivity contribution >= 4 is 17.6 Å². The Morgan fingerprint density at radius 1 is 0.969 bits per heavy atom. The smallest absolute Gasteiger partial charge is 0.289 e. The average molecular weight is 435 g/mol. The lowest BCUT2D eigenvalue weighted by atomic mass is 9.96. The van der Waals surface area contributed by atoms with Crippen LogP contribution in [0.4, 0.5) is 5.82 Å². The summed E-state index contributed by atoms with van der Waals surface area (Å²) in [5.74, 6) is 1.78. The van der Waals surface area contributed by atoms with E-state index in [1.165, 1.54) is 6.26 Å². The van der Waals surface area contributed by atoms with E-state index in [2.05, 4.69) is 20.1 Å². The summed E-state index contributed by atoms with van der Waals surface area (Å²) in [6.45, 7) is 3.60. The molecule has 3 aromatic rings. The fourth-order valence-electron chi connectivity index (χ4n) is 4.35. The van der Waals surface area contributed by atoms with Gasteiger partial charge in [-0.25, -0.2) is 4.98 Å². The highest BCUT2D eigenvalue weighted by Crippen LogP contribution is 2.24. The molecule has 166 valence electrons. The van der Waals surface area contributed by atoms with E-state index >= 15 is 0 Å². The molecule has 10 nitrogen and oxygen atoms in total. The van der Waals surface area contributed by atoms with Crippen molar-refractivity contribution in [3.8, 4) is 5.82 Å². The van der Waals surface area contributed by atoms with Crippen LogP contribution in [0.2, 0.25) is 0 Å². The highest BCUT2D eigenvalue weighted by Gasteiger charge is 2.33. The Hall–Kier alpha value is -3.69. The molecule has 0 saturated carbocycles. The van der Waals surface area contributed by atoms with Crippen LogP contribution in [0.15, 0.2) is 53.7 Å². The molecule has 0 radical (unpaired) electrons. The van der Waals surface area contributed by atoms with Gasteiger partial charge in [0.15, 0.2) is 17.4 Å². The molecule has 5 rings (SSSR count). The number of imidazole rings is 1. The van der Waals surface area contributed by atoms with Crippen LogP contribution >= 0.6 is 0 Å². The zero-order valence-electron chi connectivity index (χ0n) is 17.7. The molecular formula is C22H25N7O3. The van der Waals surface area contributed by atoms with E-state index in [1.807, 2.05) is 23.2 Å². The number of aromatic nitrogens is 4. The summed E-state index contributed by atoms with van der Waals surface area (Å²) >= 11 is 0. The maximum atomic E-state index is 13.2. The van der Waals surface area contributed by atoms with Gasteiger partial charge < -0.3 is 19.1 Å². The van der Waals surface area contributed by atoms with Gasteiger partial charge in [-0.3, -0.25) is 14.2 Å². The monoisotopic (exact) mass is 435 g/mol. The van der Waals surface area contributed by atoms with Gasteiger partial charge in [-0.15, -0.1) is 10.2 Å². The number of carbonyl (C=O) groups excluding carboxylic acids is 2. The second kappa shape index (κ2) is 8.81. The molecule has 2 aliphatic rings. The minimum absolute atomic E-state index is 0.0776. The second-order valence-electron chi connectivity index (χ2n) is 8.10. The molecule has 0 aromatic carbocycles. The van der Waals surface area contributed by atoms with E-state index in [1.54, 1.807) is 34.1 Å². The van der Waals surface area contributed by atoms with E-state index in [-0.39, 0.29) is 17.7 Å². The molecule has 2 saturated heterocycles. The molecule has 0 spiro atoms. The van der Waals surface area contributed by atoms with Gasteiger partial charge in [-0.05, 0) is 37.1 Å². The van der Waals surface area contributed by atoms with Crippen LogP contribution in [0.3, 0.4) is 0 Å². The number of hydrogen-bond acceptors (Lipinski definition) is 7. The highest BCUT2D eigenvalue weighted by atomic mass is 16.3. The molecule has 1 unspecified atom stereocenters. The van der Waals surface area contributed by atoms with Gasteiger partial charge in [0, 0.05) is 51.7 Å². The van der Waals surface area contributed by atoms with Crippen molar-refractivity contribution in [3.05, 3.63) is 55.0 Å². The predicted molar refractivity (Wildman–Crippen MR) is 115 cm³/mol. The fourth-order valence-corrected chi connectivity index (χ4v) is 4.35. The minimum atomic E-state index is -0.122. The van der Waals surface area contributed by atoms with Gasteiger partial charge in [-0.2, -0.15) is 0 Å². The molecule has 32 heavy (non-hydrogen) atoms. The van der Waals surface area contributed by atoms with Crippen LogP contribution in [0.5, 0.6) is 0 Å². The van der Waals surface area contributed by atoms with E-state index in [0.717, 1.165) is 25.2 Å². The first kappa shape index (κ1) is 20.2. The number of piperazine rings is 1. The van der Waals surface area contributed by atoms with Crippen LogP contribution in [0.1, 0.15) is 23.4 Å². The molecule has 0 bridgehead atoms. The van der Waals surface area contributed by atoms with Gasteiger partial charge in [0.2, 0.25) is 5.91 Å². The third-order valence-corrected chi connectivity index (χ3v) is 6.11. The number of furan rings is 1. The number of nitrogens with zero attached hydrogens (tertiary/aromatic N) is 7. The quantitative estimate of drug-likeness (QED) is 0.611. The summed E-state index contributed by atoms with van der Waals surface area (Å²) in [6.07, 6.45) is 8.49. The molecular weight excluding hydrogens is 410 g/mol. The zero-order chi connectivity index (χ0) is 21.9. The van der Waals surface area contributed by atoms with Crippen LogP contribution < -0.4 is 4.90 Å². The Balaban J connectivity index is 1.18. The Labute approximate surface area is 185 Å². The normalized spacial score (nSPS) is 19.2. The van der Waals surface area contributed by atoms with E-state index in [9.17, 15) is 9.59 Å². The average Bonchev–Trinajstić information content (AvgIpc) is 3.58. The maximum absolute atomic E-state index is 13.2. The zero-order valence-corrected chi connectivity index (χ0v) is 17.7. The van der Waals surface area contributed by atoms with Crippen LogP contribution in [-0.2, 0) is 4.79 Å². The first-order chi connectivity index (χ1) is 15.7. The Bertz CT molecular complexity index is 1040. The fraction of sp³-hybridized carbons (Fsp3) is 0.409. The third kappa shape index (κ3) is 4.08. The standard InChI is InChI=1S/C22H25N7O3/c30-21(26-10-12-27(13-11-26)22(31)18-4-2-14-32-18)17-3-1-8-28(15-17)19-5-6-20(25-24-19)29-9-7-23-16-29/h2,4-7,9,14,16-17H,1,3,8,10-13,15H2. The largest absolute Gasteiger partial charge is 0.459 e. The second-order valence-corrected chi connectivity index (χ2v) is 8.10. The summed E-state index contributed by atoms with van der Waals surface area (Å²) in [6, 6.07) is 7.22. The lowest BCUT2D eigenvalue weighted by molar-refractivity contribution is -0.137. The Kier molecular flexibility index (Phi) is 5.57. The van der Waals surface area contributed by atoms with Gasteiger partial charge >= 0.3 is 0 Å². The van der Waals surface area contributed by atoms with Gasteiger partial charge in [0.25, 0.3) is 5.91 Å². The molecule has 5 heterocycles. The van der Waals surface area contributed by atoms with Crippen molar-refractivity contribution in [3.63, 3.8) is 0 Å². The van der Waals surface area contributed by atoms with Crippen LogP contribution in [0, 0.1) is 5.92 Å². The summed E-state index contributed by atoms with van der Waals surface area (Å²) in [5, 5.41) is 8.66. The summed E-state index contributed by atoms with van der Waals surface area (Å²) in [5.41, 5.74) is 0. The Morgan fingerprint density at radius 3 is 2.44 bits per heavy atom. The number of hydrogen-bond donors (Lipinski definition) is 0. The lowest BCUT2D eigenvalue weighted by Gasteiger charge is -2.39. The van der Waals surface area contributed by atoms with E-state index in [4.69, 9.17) is 4.42 Å². The summed E-state index contributed by atoms with van der Waals surface area (Å²) in [7, 11) is 0. The minimum Gasteiger partial charge on any atom is -0.459 e. The topological polar surface area (TPSA) is 101 Å². The molecule has 10 heteroatoms. The van der Waals surface area contributed by atoms with Crippen LogP contribution in [-0.4, -0.2) is 80.6 Å². The number of anilines is 1. The summed E-state index contributed by atoms with van der Waals surface area (Å²) in [4.78, 5) is 35.4. The molecule has 2 amide bonds. The molecule has 0 N–H and O–H groups in total. The van der Waals surface area contributed by atoms with E-state index < -0.39 is 0 Å². The third-order valence-electron chi connectivity index (χ3n) is 6.11. The molecule has 2 aliphatic heterocycles. The number of piperidine rings is 1. The van der Waals surface area contributed by atoms with Crippen LogP contribution in [0.25, 0.3) is 5.82 Å². The molecule has 3 aromatic heterocycles. The first-order valence-electron chi connectivity index (χ1n) is 10.9. The predicted octanol–water partition coefficient (Wildman–Crippen LogP) is 1.46. The highest BCUT2D eigenvalue weighted by molar-refractivity contribution is 5.91. The first-order valence-corrected chi connectivity index (χ1v) is 10.9. The van der Waals surface area contributed by atoms with Crippen molar-refractivity contribution in [2.45, 2.75) is 12.8 Å². The van der Waals surface area contributed by atoms with Crippen molar-refractivity contribution in [1.29, 1.82) is 0 Å². The van der Waals surface area contributed by atoms with Gasteiger partial charge in [-0.1, -0.05) is 0 Å². The van der Waals surface area contributed by atoms with Crippen molar-refractivity contribution < 1.29 is 14.0 Å². The molecule has 2 fully saturated rings. The van der Waals surface area contributed by atoms with Crippen molar-refractivity contribution in [2.24, 2.45) is 5.92 Å². The van der Waals surface area contributed by atoms with Gasteiger partial charge in [0.05, 0.1) is 12.2 Å². The number of rotatable bonds is 4. The maximum Gasteiger partial charge on any atom is 0.289 e. The number of carbonyl (C=O) groups is 2.